The number of rotatable bonds is 5. The van der Waals surface area contributed by atoms with Crippen LogP contribution in [-0.2, 0) is 0 Å². The molecule has 0 saturated heterocycles. The Morgan fingerprint density at radius 3 is 2.52 bits per heavy atom. The van der Waals surface area contributed by atoms with E-state index in [1.165, 1.54) is 6.33 Å². The second-order valence-corrected chi connectivity index (χ2v) is 5.68. The summed E-state index contributed by atoms with van der Waals surface area (Å²) in [7, 11) is 0. The SMILES string of the molecule is Cc1c(C(=O)NC(CO)(CO)CO)sc2nc[nH]c(=O)c12. The van der Waals surface area contributed by atoms with Crippen molar-refractivity contribution in [3.05, 3.63) is 27.1 Å². The number of nitrogens with one attached hydrogen (secondary N) is 2. The molecule has 0 bridgehead atoms. The number of aliphatic hydroxyl groups is 3. The predicted octanol–water partition coefficient (Wildman–Crippen LogP) is -1.26. The molecule has 0 aliphatic rings. The van der Waals surface area contributed by atoms with E-state index in [2.05, 4.69) is 15.3 Å². The molecule has 1 amide bonds. The first kappa shape index (κ1) is 15.6. The zero-order valence-corrected chi connectivity index (χ0v) is 12.0. The summed E-state index contributed by atoms with van der Waals surface area (Å²) in [5, 5.41) is 30.4. The van der Waals surface area contributed by atoms with E-state index >= 15 is 0 Å². The summed E-state index contributed by atoms with van der Waals surface area (Å²) < 4.78 is 0. The van der Waals surface area contributed by atoms with Gasteiger partial charge < -0.3 is 25.6 Å². The van der Waals surface area contributed by atoms with Crippen LogP contribution in [0.4, 0.5) is 0 Å². The molecule has 0 saturated carbocycles. The van der Waals surface area contributed by atoms with E-state index in [1.54, 1.807) is 6.92 Å². The Hall–Kier alpha value is -1.81. The number of nitrogens with zero attached hydrogens (tertiary/aromatic N) is 1. The van der Waals surface area contributed by atoms with Gasteiger partial charge in [-0.25, -0.2) is 4.98 Å². The molecule has 0 unspecified atom stereocenters. The van der Waals surface area contributed by atoms with Gasteiger partial charge in [-0.05, 0) is 12.5 Å². The van der Waals surface area contributed by atoms with E-state index in [4.69, 9.17) is 0 Å². The summed E-state index contributed by atoms with van der Waals surface area (Å²) >= 11 is 1.03. The normalized spacial score (nSPS) is 11.8. The molecule has 0 aromatic carbocycles. The molecule has 2 aromatic rings. The third-order valence-electron chi connectivity index (χ3n) is 3.23. The van der Waals surface area contributed by atoms with Crippen LogP contribution < -0.4 is 10.9 Å². The van der Waals surface area contributed by atoms with Crippen LogP contribution in [0.15, 0.2) is 11.1 Å². The molecule has 0 aliphatic heterocycles. The zero-order chi connectivity index (χ0) is 15.6. The minimum Gasteiger partial charge on any atom is -0.394 e. The molecule has 21 heavy (non-hydrogen) atoms. The van der Waals surface area contributed by atoms with Gasteiger partial charge in [0.25, 0.3) is 11.5 Å². The van der Waals surface area contributed by atoms with Crippen molar-refractivity contribution < 1.29 is 20.1 Å². The van der Waals surface area contributed by atoms with Gasteiger partial charge in [0.15, 0.2) is 0 Å². The Morgan fingerprint density at radius 1 is 1.38 bits per heavy atom. The number of aromatic nitrogens is 2. The highest BCUT2D eigenvalue weighted by Crippen LogP contribution is 2.26. The van der Waals surface area contributed by atoms with Crippen LogP contribution in [0.3, 0.4) is 0 Å². The van der Waals surface area contributed by atoms with Gasteiger partial charge in [0, 0.05) is 0 Å². The van der Waals surface area contributed by atoms with Crippen LogP contribution in [0.5, 0.6) is 0 Å². The van der Waals surface area contributed by atoms with Crippen molar-refractivity contribution in [1.82, 2.24) is 15.3 Å². The van der Waals surface area contributed by atoms with Crippen molar-refractivity contribution in [1.29, 1.82) is 0 Å². The highest BCUT2D eigenvalue weighted by molar-refractivity contribution is 7.20. The lowest BCUT2D eigenvalue weighted by Gasteiger charge is -2.28. The lowest BCUT2D eigenvalue weighted by molar-refractivity contribution is 0.0377. The third-order valence-corrected chi connectivity index (χ3v) is 4.42. The topological polar surface area (TPSA) is 136 Å². The first-order chi connectivity index (χ1) is 9.98. The van der Waals surface area contributed by atoms with E-state index in [-0.39, 0.29) is 10.4 Å². The Balaban J connectivity index is 2.43. The Morgan fingerprint density at radius 2 is 2.00 bits per heavy atom. The maximum atomic E-state index is 12.3. The third kappa shape index (κ3) is 2.68. The molecule has 0 radical (unpaired) electrons. The molecule has 9 heteroatoms. The number of thiophene rings is 1. The number of carbonyl (C=O) groups excluding carboxylic acids is 1. The average molecular weight is 313 g/mol. The van der Waals surface area contributed by atoms with Crippen molar-refractivity contribution in [3.8, 4) is 0 Å². The molecular formula is C12H15N3O5S. The van der Waals surface area contributed by atoms with Gasteiger partial charge in [0.1, 0.15) is 10.4 Å². The van der Waals surface area contributed by atoms with Gasteiger partial charge >= 0.3 is 0 Å². The lowest BCUT2D eigenvalue weighted by Crippen LogP contribution is -2.57. The number of aliphatic hydroxyl groups excluding tert-OH is 3. The quantitative estimate of drug-likeness (QED) is 0.467. The van der Waals surface area contributed by atoms with Crippen LogP contribution in [0.25, 0.3) is 10.2 Å². The summed E-state index contributed by atoms with van der Waals surface area (Å²) in [6.45, 7) is -0.235. The molecule has 2 aromatic heterocycles. The molecular weight excluding hydrogens is 298 g/mol. The van der Waals surface area contributed by atoms with E-state index in [1.807, 2.05) is 0 Å². The van der Waals surface area contributed by atoms with E-state index in [0.717, 1.165) is 11.3 Å². The number of H-pyrrole nitrogens is 1. The maximum absolute atomic E-state index is 12.3. The summed E-state index contributed by atoms with van der Waals surface area (Å²) in [5.41, 5.74) is -1.39. The first-order valence-electron chi connectivity index (χ1n) is 6.10. The second kappa shape index (κ2) is 5.90. The van der Waals surface area contributed by atoms with Crippen LogP contribution in [-0.4, -0.2) is 56.6 Å². The largest absolute Gasteiger partial charge is 0.394 e. The van der Waals surface area contributed by atoms with Gasteiger partial charge in [-0.2, -0.15) is 0 Å². The van der Waals surface area contributed by atoms with Crippen molar-refractivity contribution in [3.63, 3.8) is 0 Å². The number of aromatic amines is 1. The molecule has 114 valence electrons. The molecule has 0 aliphatic carbocycles. The minimum atomic E-state index is -1.51. The van der Waals surface area contributed by atoms with Crippen molar-refractivity contribution in [2.45, 2.75) is 12.5 Å². The number of hydrogen-bond donors (Lipinski definition) is 5. The molecule has 2 rings (SSSR count). The predicted molar refractivity (Wildman–Crippen MR) is 76.4 cm³/mol. The number of carbonyl (C=O) groups is 1. The molecule has 0 spiro atoms. The van der Waals surface area contributed by atoms with Gasteiger partial charge in [-0.1, -0.05) is 0 Å². The highest BCUT2D eigenvalue weighted by Gasteiger charge is 2.31. The molecule has 2 heterocycles. The fourth-order valence-corrected chi connectivity index (χ4v) is 2.91. The van der Waals surface area contributed by atoms with E-state index in [0.29, 0.717) is 15.8 Å². The first-order valence-corrected chi connectivity index (χ1v) is 6.91. The van der Waals surface area contributed by atoms with Crippen molar-refractivity contribution >= 4 is 27.5 Å². The van der Waals surface area contributed by atoms with Gasteiger partial charge in [-0.3, -0.25) is 9.59 Å². The van der Waals surface area contributed by atoms with E-state index < -0.39 is 31.3 Å². The number of aryl methyl sites for hydroxylation is 1. The maximum Gasteiger partial charge on any atom is 0.262 e. The number of amides is 1. The molecule has 5 N–H and O–H groups in total. The summed E-state index contributed by atoms with van der Waals surface area (Å²) in [6.07, 6.45) is 1.25. The van der Waals surface area contributed by atoms with Crippen LogP contribution in [0, 0.1) is 6.92 Å². The Labute approximate surface area is 123 Å². The smallest absolute Gasteiger partial charge is 0.262 e. The summed E-state index contributed by atoms with van der Waals surface area (Å²) in [6, 6.07) is 0. The fourth-order valence-electron chi connectivity index (χ4n) is 1.86. The second-order valence-electron chi connectivity index (χ2n) is 4.68. The molecule has 8 nitrogen and oxygen atoms in total. The van der Waals surface area contributed by atoms with Gasteiger partial charge in [0.05, 0.1) is 36.4 Å². The standard InChI is InChI=1S/C12H15N3O5S/c1-6-7-9(19)13-5-14-11(7)21-8(6)10(20)15-12(2-16,3-17)4-18/h5,16-18H,2-4H2,1H3,(H,15,20)(H,13,14,19). The van der Waals surface area contributed by atoms with Gasteiger partial charge in [0.2, 0.25) is 0 Å². The minimum absolute atomic E-state index is 0.244. The number of hydrogen-bond acceptors (Lipinski definition) is 7. The lowest BCUT2D eigenvalue weighted by atomic mass is 10.0. The van der Waals surface area contributed by atoms with Crippen LogP contribution in [0.1, 0.15) is 15.2 Å². The number of fused-ring (bicyclic) bond motifs is 1. The van der Waals surface area contributed by atoms with Crippen LogP contribution in [0.2, 0.25) is 0 Å². The molecule has 0 fully saturated rings. The average Bonchev–Trinajstić information content (AvgIpc) is 2.83. The van der Waals surface area contributed by atoms with Crippen molar-refractivity contribution in [2.24, 2.45) is 0 Å². The van der Waals surface area contributed by atoms with Gasteiger partial charge in [-0.15, -0.1) is 11.3 Å². The monoisotopic (exact) mass is 313 g/mol. The van der Waals surface area contributed by atoms with Crippen LogP contribution >= 0.6 is 11.3 Å². The van der Waals surface area contributed by atoms with Crippen molar-refractivity contribution in [2.75, 3.05) is 19.8 Å². The zero-order valence-electron chi connectivity index (χ0n) is 11.2. The van der Waals surface area contributed by atoms with E-state index in [9.17, 15) is 24.9 Å². The summed E-state index contributed by atoms with van der Waals surface area (Å²) in [4.78, 5) is 31.1. The Kier molecular flexibility index (Phi) is 4.37. The highest BCUT2D eigenvalue weighted by atomic mass is 32.1. The molecule has 0 atom stereocenters. The fraction of sp³-hybridized carbons (Fsp3) is 0.417. The summed E-state index contributed by atoms with van der Waals surface area (Å²) in [5.74, 6) is -0.591. The Bertz CT molecular complexity index is 711.